The molecule has 0 radical (unpaired) electrons. The molecule has 8 nitrogen and oxygen atoms in total. The van der Waals surface area contributed by atoms with E-state index in [0.717, 1.165) is 11.1 Å². The zero-order valence-corrected chi connectivity index (χ0v) is 18.4. The first-order valence-electron chi connectivity index (χ1n) is 9.72. The van der Waals surface area contributed by atoms with Crippen LogP contribution in [-0.2, 0) is 0 Å². The molecule has 0 bridgehead atoms. The van der Waals surface area contributed by atoms with Crippen molar-refractivity contribution < 1.29 is 4.74 Å². The average Bonchev–Trinajstić information content (AvgIpc) is 2.80. The van der Waals surface area contributed by atoms with Gasteiger partial charge in [-0.3, -0.25) is 9.78 Å². The maximum atomic E-state index is 12.4. The fraction of sp³-hybridized carbons (Fsp3) is 0.174. The molecule has 32 heavy (non-hydrogen) atoms. The third kappa shape index (κ3) is 3.33. The smallest absolute Gasteiger partial charge is 0.194 e. The van der Waals surface area contributed by atoms with Crippen LogP contribution in [0.5, 0.6) is 5.75 Å². The molecule has 0 spiro atoms. The summed E-state index contributed by atoms with van der Waals surface area (Å²) >= 11 is 6.62. The fourth-order valence-electron chi connectivity index (χ4n) is 3.84. The van der Waals surface area contributed by atoms with Crippen LogP contribution in [-0.4, -0.2) is 26.6 Å². The molecule has 0 aliphatic heterocycles. The van der Waals surface area contributed by atoms with Crippen molar-refractivity contribution >= 4 is 28.5 Å². The van der Waals surface area contributed by atoms with Crippen molar-refractivity contribution in [2.75, 3.05) is 12.8 Å². The minimum Gasteiger partial charge on any atom is -0.496 e. The van der Waals surface area contributed by atoms with Crippen molar-refractivity contribution in [1.29, 1.82) is 5.26 Å². The number of halogens is 1. The van der Waals surface area contributed by atoms with E-state index in [0.29, 0.717) is 33.2 Å². The minimum atomic E-state index is -0.353. The number of hydrogen-bond acceptors (Lipinski definition) is 7. The number of nitriles is 1. The first-order chi connectivity index (χ1) is 15.4. The summed E-state index contributed by atoms with van der Waals surface area (Å²) in [6.45, 7) is 3.78. The second kappa shape index (κ2) is 8.29. The average molecular weight is 447 g/mol. The van der Waals surface area contributed by atoms with Crippen LogP contribution in [0.3, 0.4) is 0 Å². The van der Waals surface area contributed by atoms with Gasteiger partial charge in [-0.15, -0.1) is 0 Å². The Morgan fingerprint density at radius 2 is 2.06 bits per heavy atom. The summed E-state index contributed by atoms with van der Waals surface area (Å²) in [6.07, 6.45) is 4.59. The Morgan fingerprint density at radius 3 is 2.78 bits per heavy atom. The quantitative estimate of drug-likeness (QED) is 0.504. The molecular weight excluding hydrogens is 428 g/mol. The van der Waals surface area contributed by atoms with Crippen LogP contribution in [0.1, 0.15) is 29.7 Å². The highest BCUT2D eigenvalue weighted by Gasteiger charge is 2.25. The van der Waals surface area contributed by atoms with Gasteiger partial charge in [0.1, 0.15) is 35.0 Å². The number of aromatic nitrogens is 4. The Hall–Kier alpha value is -3.96. The lowest BCUT2D eigenvalue weighted by molar-refractivity contribution is 0.405. The Balaban J connectivity index is 2.03. The van der Waals surface area contributed by atoms with Gasteiger partial charge < -0.3 is 15.0 Å². The first kappa shape index (κ1) is 21.3. The van der Waals surface area contributed by atoms with E-state index in [1.54, 1.807) is 31.6 Å². The third-order valence-corrected chi connectivity index (χ3v) is 5.87. The molecule has 1 atom stereocenters. The molecule has 0 unspecified atom stereocenters. The normalized spacial score (nSPS) is 11.8. The molecule has 0 saturated heterocycles. The van der Waals surface area contributed by atoms with Gasteiger partial charge in [0.25, 0.3) is 0 Å². The van der Waals surface area contributed by atoms with Gasteiger partial charge in [-0.25, -0.2) is 9.97 Å². The van der Waals surface area contributed by atoms with Crippen LogP contribution in [0.15, 0.2) is 47.8 Å². The number of methoxy groups -OCH3 is 1. The number of fused-ring (bicyclic) bond motifs is 1. The van der Waals surface area contributed by atoms with E-state index < -0.39 is 0 Å². The van der Waals surface area contributed by atoms with Gasteiger partial charge in [-0.2, -0.15) is 5.26 Å². The molecule has 4 aromatic rings. The predicted molar refractivity (Wildman–Crippen MR) is 123 cm³/mol. The van der Waals surface area contributed by atoms with Gasteiger partial charge in [-0.05, 0) is 37.6 Å². The van der Waals surface area contributed by atoms with E-state index in [1.165, 1.54) is 12.4 Å². The summed E-state index contributed by atoms with van der Waals surface area (Å²) in [5.41, 5.74) is 9.08. The monoisotopic (exact) mass is 446 g/mol. The van der Waals surface area contributed by atoms with Crippen LogP contribution in [0, 0.1) is 18.3 Å². The van der Waals surface area contributed by atoms with E-state index in [-0.39, 0.29) is 22.7 Å². The van der Waals surface area contributed by atoms with Gasteiger partial charge in [0.15, 0.2) is 5.43 Å². The SMILES string of the molecule is COc1c([C@H](C)n2ccc(=O)c3c(N)ncnc32)cc(Cl)c(C)c1-c1ncccc1C#N. The van der Waals surface area contributed by atoms with E-state index >= 15 is 0 Å². The summed E-state index contributed by atoms with van der Waals surface area (Å²) in [4.78, 5) is 25.1. The van der Waals surface area contributed by atoms with Crippen molar-refractivity contribution in [3.8, 4) is 23.1 Å². The van der Waals surface area contributed by atoms with Crippen molar-refractivity contribution in [1.82, 2.24) is 19.5 Å². The predicted octanol–water partition coefficient (Wildman–Crippen LogP) is 3.89. The molecule has 3 heterocycles. The van der Waals surface area contributed by atoms with Crippen LogP contribution in [0.25, 0.3) is 22.3 Å². The molecule has 1 aromatic carbocycles. The summed E-state index contributed by atoms with van der Waals surface area (Å²) < 4.78 is 7.64. The van der Waals surface area contributed by atoms with Gasteiger partial charge in [-0.1, -0.05) is 11.6 Å². The highest BCUT2D eigenvalue weighted by atomic mass is 35.5. The number of ether oxygens (including phenoxy) is 1. The van der Waals surface area contributed by atoms with Gasteiger partial charge in [0, 0.05) is 34.6 Å². The number of nitrogens with zero attached hydrogens (tertiary/aromatic N) is 5. The Kier molecular flexibility index (Phi) is 5.51. The Labute approximate surface area is 188 Å². The van der Waals surface area contributed by atoms with Crippen LogP contribution in [0.2, 0.25) is 5.02 Å². The van der Waals surface area contributed by atoms with Crippen LogP contribution in [0.4, 0.5) is 5.82 Å². The molecule has 0 aliphatic carbocycles. The number of hydrogen-bond donors (Lipinski definition) is 1. The number of pyridine rings is 2. The van der Waals surface area contributed by atoms with Gasteiger partial charge in [0.05, 0.1) is 24.4 Å². The lowest BCUT2D eigenvalue weighted by atomic mass is 9.94. The van der Waals surface area contributed by atoms with Crippen molar-refractivity contribution in [3.05, 3.63) is 74.9 Å². The second-order valence-electron chi connectivity index (χ2n) is 7.21. The van der Waals surface area contributed by atoms with E-state index in [1.807, 2.05) is 24.5 Å². The van der Waals surface area contributed by atoms with Crippen molar-refractivity contribution in [2.45, 2.75) is 19.9 Å². The number of rotatable bonds is 4. The van der Waals surface area contributed by atoms with Crippen LogP contribution < -0.4 is 15.9 Å². The van der Waals surface area contributed by atoms with E-state index in [4.69, 9.17) is 22.1 Å². The maximum Gasteiger partial charge on any atom is 0.194 e. The lowest BCUT2D eigenvalue weighted by Crippen LogP contribution is -2.16. The van der Waals surface area contributed by atoms with E-state index in [9.17, 15) is 10.1 Å². The lowest BCUT2D eigenvalue weighted by Gasteiger charge is -2.24. The molecular formula is C23H19ClN6O2. The molecule has 0 amide bonds. The van der Waals surface area contributed by atoms with Gasteiger partial charge >= 0.3 is 0 Å². The van der Waals surface area contributed by atoms with Crippen molar-refractivity contribution in [3.63, 3.8) is 0 Å². The molecule has 0 aliphatic rings. The second-order valence-corrected chi connectivity index (χ2v) is 7.62. The zero-order valence-electron chi connectivity index (χ0n) is 17.6. The highest BCUT2D eigenvalue weighted by molar-refractivity contribution is 6.32. The summed E-state index contributed by atoms with van der Waals surface area (Å²) in [5, 5.41) is 10.3. The van der Waals surface area contributed by atoms with Gasteiger partial charge in [0.2, 0.25) is 0 Å². The maximum absolute atomic E-state index is 12.4. The molecule has 2 N–H and O–H groups in total. The number of nitrogens with two attached hydrogens (primary N) is 1. The highest BCUT2D eigenvalue weighted by Crippen LogP contribution is 2.43. The first-order valence-corrected chi connectivity index (χ1v) is 10.1. The van der Waals surface area contributed by atoms with E-state index in [2.05, 4.69) is 21.0 Å². The fourth-order valence-corrected chi connectivity index (χ4v) is 4.05. The molecule has 9 heteroatoms. The molecule has 3 aromatic heterocycles. The Bertz CT molecular complexity index is 1460. The molecule has 0 fully saturated rings. The topological polar surface area (TPSA) is 120 Å². The standard InChI is InChI=1S/C23H19ClN6O2/c1-12-16(24)9-15(21(32-3)18(12)20-14(10-25)5-4-7-27-20)13(2)30-8-6-17(31)19-22(26)28-11-29-23(19)30/h4-9,11,13H,1-3H3,(H2,26,28,29)/t13-/m0/s1. The molecule has 160 valence electrons. The minimum absolute atomic E-state index is 0.114. The number of anilines is 1. The molecule has 4 rings (SSSR count). The summed E-state index contributed by atoms with van der Waals surface area (Å²) in [7, 11) is 1.56. The molecule has 0 saturated carbocycles. The largest absolute Gasteiger partial charge is 0.496 e. The number of nitrogen functional groups attached to an aromatic ring is 1. The number of benzene rings is 1. The Morgan fingerprint density at radius 1 is 1.28 bits per heavy atom. The zero-order chi connectivity index (χ0) is 23.0. The third-order valence-electron chi connectivity index (χ3n) is 5.48. The van der Waals surface area contributed by atoms with Crippen molar-refractivity contribution in [2.24, 2.45) is 0 Å². The van der Waals surface area contributed by atoms with Crippen LogP contribution >= 0.6 is 11.6 Å². The summed E-state index contributed by atoms with van der Waals surface area (Å²) in [5.74, 6) is 0.645. The summed E-state index contributed by atoms with van der Waals surface area (Å²) in [6, 6.07) is 8.46.